The molecule has 0 aliphatic rings. The summed E-state index contributed by atoms with van der Waals surface area (Å²) in [6, 6.07) is -1.72. The molecule has 124 valence electrons. The number of nitrogens with two attached hydrogens (primary N) is 1. The number of carbonyl (C=O) groups excluding carboxylic acids is 2. The first kappa shape index (κ1) is 19.8. The number of azide groups is 1. The molecule has 0 unspecified atom stereocenters. The summed E-state index contributed by atoms with van der Waals surface area (Å²) in [5.41, 5.74) is 13.0. The van der Waals surface area contributed by atoms with Crippen molar-refractivity contribution < 1.29 is 23.8 Å². The maximum absolute atomic E-state index is 11.2. The maximum Gasteiger partial charge on any atom is 0.351 e. The van der Waals surface area contributed by atoms with Gasteiger partial charge in [0.1, 0.15) is 0 Å². The third-order valence-corrected chi connectivity index (χ3v) is 2.23. The summed E-state index contributed by atoms with van der Waals surface area (Å²) in [5.74, 6) is 0. The highest BCUT2D eigenvalue weighted by Crippen LogP contribution is 1.93. The Hall–Kier alpha value is -2.20. The molecule has 0 aromatic rings. The lowest BCUT2D eigenvalue weighted by molar-refractivity contribution is 0.0146. The molecule has 0 aliphatic carbocycles. The number of hydrogen-bond donors (Lipinski definition) is 1. The number of nitrogens with zero attached hydrogens (tertiary/aromatic N) is 5. The molecule has 0 rings (SSSR count). The fraction of sp³-hybridized carbons (Fsp3) is 0.727. The molecule has 0 aromatic heterocycles. The standard InChI is InChI=1S/C11H20N6O5/c1-14-11(19)17(10(12)18)3-5-21-7-9-22-8-6-20-4-2-15-16-13/h1-9H2,(H2,12,18). The van der Waals surface area contributed by atoms with Gasteiger partial charge in [-0.05, 0) is 12.2 Å². The Labute approximate surface area is 127 Å². The Bertz CT molecular complexity index is 398. The van der Waals surface area contributed by atoms with E-state index in [1.807, 2.05) is 0 Å². The van der Waals surface area contributed by atoms with Gasteiger partial charge in [-0.15, -0.1) is 0 Å². The van der Waals surface area contributed by atoms with Crippen molar-refractivity contribution in [3.05, 3.63) is 10.4 Å². The number of rotatable bonds is 12. The Kier molecular flexibility index (Phi) is 12.4. The van der Waals surface area contributed by atoms with Crippen LogP contribution in [0.3, 0.4) is 0 Å². The molecule has 0 atom stereocenters. The van der Waals surface area contributed by atoms with Crippen LogP contribution < -0.4 is 5.73 Å². The summed E-state index contributed by atoms with van der Waals surface area (Å²) in [4.78, 5) is 28.5. The summed E-state index contributed by atoms with van der Waals surface area (Å²) in [5, 5.41) is 3.31. The normalized spacial score (nSPS) is 9.82. The van der Waals surface area contributed by atoms with E-state index in [1.165, 1.54) is 0 Å². The molecule has 0 fully saturated rings. The highest BCUT2D eigenvalue weighted by Gasteiger charge is 2.16. The van der Waals surface area contributed by atoms with Crippen molar-refractivity contribution in [3.63, 3.8) is 0 Å². The summed E-state index contributed by atoms with van der Waals surface area (Å²) in [6.07, 6.45) is 0. The highest BCUT2D eigenvalue weighted by atomic mass is 16.5. The molecule has 2 N–H and O–H groups in total. The Morgan fingerprint density at radius 2 is 1.64 bits per heavy atom. The molecule has 22 heavy (non-hydrogen) atoms. The lowest BCUT2D eigenvalue weighted by Crippen LogP contribution is -2.41. The highest BCUT2D eigenvalue weighted by molar-refractivity contribution is 5.94. The predicted octanol–water partition coefficient (Wildman–Crippen LogP) is 0.548. The molecule has 0 radical (unpaired) electrons. The van der Waals surface area contributed by atoms with E-state index in [0.29, 0.717) is 33.0 Å². The van der Waals surface area contributed by atoms with Crippen molar-refractivity contribution in [1.82, 2.24) is 4.90 Å². The number of primary amides is 1. The van der Waals surface area contributed by atoms with E-state index in [2.05, 4.69) is 21.7 Å². The van der Waals surface area contributed by atoms with E-state index in [1.54, 1.807) is 0 Å². The van der Waals surface area contributed by atoms with Crippen LogP contribution in [0.5, 0.6) is 0 Å². The Morgan fingerprint density at radius 3 is 2.14 bits per heavy atom. The maximum atomic E-state index is 11.2. The topological polar surface area (TPSA) is 152 Å². The smallest absolute Gasteiger partial charge is 0.351 e. The summed E-state index contributed by atoms with van der Waals surface area (Å²) in [7, 11) is 0. The molecule has 0 heterocycles. The van der Waals surface area contributed by atoms with Gasteiger partial charge < -0.3 is 19.9 Å². The van der Waals surface area contributed by atoms with Gasteiger partial charge in [0.2, 0.25) is 0 Å². The van der Waals surface area contributed by atoms with Crippen molar-refractivity contribution >= 4 is 18.8 Å². The third kappa shape index (κ3) is 10.6. The van der Waals surface area contributed by atoms with Crippen LogP contribution in [-0.2, 0) is 14.2 Å². The van der Waals surface area contributed by atoms with Gasteiger partial charge in [-0.25, -0.2) is 19.5 Å². The fourth-order valence-electron chi connectivity index (χ4n) is 1.23. The first-order chi connectivity index (χ1) is 10.6. The SMILES string of the molecule is C=NC(=O)N(CCOCCOCCOCCN=[N+]=[N-])C(N)=O. The molecule has 0 saturated carbocycles. The lowest BCUT2D eigenvalue weighted by Gasteiger charge is -2.15. The van der Waals surface area contributed by atoms with Crippen molar-refractivity contribution in [2.45, 2.75) is 0 Å². The van der Waals surface area contributed by atoms with Crippen molar-refractivity contribution in [3.8, 4) is 0 Å². The van der Waals surface area contributed by atoms with Gasteiger partial charge in [0.05, 0.1) is 46.2 Å². The third-order valence-electron chi connectivity index (χ3n) is 2.23. The number of carbonyl (C=O) groups is 2. The Balaban J connectivity index is 3.45. The van der Waals surface area contributed by atoms with Crippen LogP contribution in [0.2, 0.25) is 0 Å². The summed E-state index contributed by atoms with van der Waals surface area (Å²) >= 11 is 0. The number of aliphatic imine (C=N–C) groups is 1. The quantitative estimate of drug-likeness (QED) is 0.183. The van der Waals surface area contributed by atoms with Gasteiger partial charge in [0, 0.05) is 11.5 Å². The number of hydrogen-bond acceptors (Lipinski definition) is 6. The number of amides is 4. The van der Waals surface area contributed by atoms with E-state index in [0.717, 1.165) is 4.90 Å². The van der Waals surface area contributed by atoms with E-state index < -0.39 is 12.1 Å². The van der Waals surface area contributed by atoms with Crippen LogP contribution >= 0.6 is 0 Å². The van der Waals surface area contributed by atoms with Gasteiger partial charge in [-0.3, -0.25) is 0 Å². The van der Waals surface area contributed by atoms with E-state index in [4.69, 9.17) is 25.5 Å². The minimum absolute atomic E-state index is 0.00426. The number of urea groups is 2. The van der Waals surface area contributed by atoms with E-state index in [-0.39, 0.29) is 19.7 Å². The van der Waals surface area contributed by atoms with Crippen LogP contribution in [0, 0.1) is 0 Å². The molecular formula is C11H20N6O5. The lowest BCUT2D eigenvalue weighted by atomic mass is 10.5. The van der Waals surface area contributed by atoms with Gasteiger partial charge in [0.15, 0.2) is 0 Å². The summed E-state index contributed by atoms with van der Waals surface area (Å²) < 4.78 is 15.5. The predicted molar refractivity (Wildman–Crippen MR) is 77.7 cm³/mol. The van der Waals surface area contributed by atoms with Gasteiger partial charge >= 0.3 is 12.1 Å². The van der Waals surface area contributed by atoms with Gasteiger partial charge in [-0.1, -0.05) is 5.11 Å². The van der Waals surface area contributed by atoms with Crippen LogP contribution in [-0.4, -0.2) is 76.4 Å². The fourth-order valence-corrected chi connectivity index (χ4v) is 1.23. The second kappa shape index (κ2) is 13.8. The molecule has 0 saturated heterocycles. The van der Waals surface area contributed by atoms with Gasteiger partial charge in [0.25, 0.3) is 0 Å². The zero-order valence-electron chi connectivity index (χ0n) is 12.2. The average molecular weight is 316 g/mol. The van der Waals surface area contributed by atoms with Crippen molar-refractivity contribution in [1.29, 1.82) is 0 Å². The minimum Gasteiger partial charge on any atom is -0.379 e. The number of ether oxygens (including phenoxy) is 3. The molecule has 4 amide bonds. The zero-order chi connectivity index (χ0) is 16.6. The number of imide groups is 1. The van der Waals surface area contributed by atoms with Crippen molar-refractivity contribution in [2.75, 3.05) is 52.7 Å². The minimum atomic E-state index is -0.907. The molecule has 0 aromatic carbocycles. The first-order valence-corrected chi connectivity index (χ1v) is 6.45. The monoisotopic (exact) mass is 316 g/mol. The Morgan fingerprint density at radius 1 is 1.09 bits per heavy atom. The van der Waals surface area contributed by atoms with E-state index in [9.17, 15) is 9.59 Å². The largest absolute Gasteiger partial charge is 0.379 e. The molecule has 11 nitrogen and oxygen atoms in total. The van der Waals surface area contributed by atoms with E-state index >= 15 is 0 Å². The second-order valence-corrected chi connectivity index (χ2v) is 3.72. The first-order valence-electron chi connectivity index (χ1n) is 6.45. The molecule has 0 bridgehead atoms. The van der Waals surface area contributed by atoms with Gasteiger partial charge in [-0.2, -0.15) is 0 Å². The van der Waals surface area contributed by atoms with Crippen LogP contribution in [0.15, 0.2) is 10.1 Å². The van der Waals surface area contributed by atoms with Crippen LogP contribution in [0.4, 0.5) is 9.59 Å². The van der Waals surface area contributed by atoms with Crippen LogP contribution in [0.25, 0.3) is 10.4 Å². The molecular weight excluding hydrogens is 296 g/mol. The molecule has 0 spiro atoms. The molecule has 11 heteroatoms. The summed E-state index contributed by atoms with van der Waals surface area (Å²) in [6.45, 7) is 5.17. The second-order valence-electron chi connectivity index (χ2n) is 3.72. The molecule has 0 aliphatic heterocycles. The zero-order valence-corrected chi connectivity index (χ0v) is 12.2. The van der Waals surface area contributed by atoms with Crippen LogP contribution in [0.1, 0.15) is 0 Å². The average Bonchev–Trinajstić information content (AvgIpc) is 2.51. The van der Waals surface area contributed by atoms with Crippen molar-refractivity contribution in [2.24, 2.45) is 15.8 Å².